The molecule has 2 rings (SSSR count). The maximum Gasteiger partial charge on any atom is 0.418 e. The Balaban J connectivity index is 2.66. The van der Waals surface area contributed by atoms with Crippen LogP contribution in [0.1, 0.15) is 32.3 Å². The molecule has 1 aromatic heterocycles. The second-order valence-corrected chi connectivity index (χ2v) is 5.84. The molecule has 27 heavy (non-hydrogen) atoms. The lowest BCUT2D eigenvalue weighted by Crippen LogP contribution is -2.38. The third-order valence-electron chi connectivity index (χ3n) is 3.89. The van der Waals surface area contributed by atoms with Crippen LogP contribution in [0.15, 0.2) is 41.2 Å². The minimum Gasteiger partial charge on any atom is -0.449 e. The number of alkyl halides is 3. The van der Waals surface area contributed by atoms with Gasteiger partial charge in [-0.3, -0.25) is 9.69 Å². The largest absolute Gasteiger partial charge is 0.449 e. The maximum atomic E-state index is 13.7. The Hall–Kier alpha value is -2.77. The lowest BCUT2D eigenvalue weighted by Gasteiger charge is -2.24. The van der Waals surface area contributed by atoms with Crippen molar-refractivity contribution in [3.8, 4) is 11.3 Å². The number of carbonyl (C=O) groups excluding carboxylic acids is 1. The molecule has 0 unspecified atom stereocenters. The second kappa shape index (κ2) is 8.75. The highest BCUT2D eigenvalue weighted by molar-refractivity contribution is 5.89. The van der Waals surface area contributed by atoms with Gasteiger partial charge in [0.25, 0.3) is 5.56 Å². The van der Waals surface area contributed by atoms with E-state index in [9.17, 15) is 22.8 Å². The van der Waals surface area contributed by atoms with Crippen molar-refractivity contribution in [2.75, 3.05) is 18.1 Å². The maximum absolute atomic E-state index is 13.7. The van der Waals surface area contributed by atoms with E-state index in [2.05, 4.69) is 4.98 Å². The average molecular weight is 382 g/mol. The lowest BCUT2D eigenvalue weighted by atomic mass is 10.1. The van der Waals surface area contributed by atoms with Gasteiger partial charge in [0.1, 0.15) is 5.69 Å². The number of anilines is 1. The zero-order chi connectivity index (χ0) is 20.0. The van der Waals surface area contributed by atoms with Crippen molar-refractivity contribution >= 4 is 11.8 Å². The molecule has 0 aliphatic heterocycles. The van der Waals surface area contributed by atoms with Crippen molar-refractivity contribution in [2.24, 2.45) is 0 Å². The minimum atomic E-state index is -4.82. The number of rotatable bonds is 6. The van der Waals surface area contributed by atoms with Crippen molar-refractivity contribution in [1.29, 1.82) is 0 Å². The molecule has 0 fully saturated rings. The summed E-state index contributed by atoms with van der Waals surface area (Å²) < 4.78 is 46.0. The van der Waals surface area contributed by atoms with Crippen molar-refractivity contribution < 1.29 is 22.7 Å². The molecule has 0 radical (unpaired) electrons. The van der Waals surface area contributed by atoms with E-state index in [1.165, 1.54) is 0 Å². The molecular weight excluding hydrogens is 361 g/mol. The van der Waals surface area contributed by atoms with Gasteiger partial charge >= 0.3 is 12.3 Å². The number of ether oxygens (including phenoxy) is 1. The SMILES string of the molecule is CCCCN(C(=O)OCC)c1c(C(F)(F)F)cc(-c2ccccc2)[nH]c1=O. The Morgan fingerprint density at radius 1 is 1.19 bits per heavy atom. The van der Waals surface area contributed by atoms with E-state index in [4.69, 9.17) is 4.74 Å². The summed E-state index contributed by atoms with van der Waals surface area (Å²) in [7, 11) is 0. The molecule has 5 nitrogen and oxygen atoms in total. The second-order valence-electron chi connectivity index (χ2n) is 5.84. The third-order valence-corrected chi connectivity index (χ3v) is 3.89. The first-order valence-corrected chi connectivity index (χ1v) is 8.63. The van der Waals surface area contributed by atoms with Crippen molar-refractivity contribution in [1.82, 2.24) is 4.98 Å². The Morgan fingerprint density at radius 3 is 2.41 bits per heavy atom. The molecule has 8 heteroatoms. The van der Waals surface area contributed by atoms with Crippen LogP contribution in [-0.2, 0) is 10.9 Å². The first-order chi connectivity index (χ1) is 12.8. The van der Waals surface area contributed by atoms with Crippen LogP contribution >= 0.6 is 0 Å². The van der Waals surface area contributed by atoms with E-state index in [1.807, 2.05) is 6.92 Å². The van der Waals surface area contributed by atoms with E-state index < -0.39 is 29.1 Å². The van der Waals surface area contributed by atoms with Gasteiger partial charge < -0.3 is 9.72 Å². The fraction of sp³-hybridized carbons (Fsp3) is 0.368. The molecule has 0 aliphatic carbocycles. The molecule has 2 aromatic rings. The molecular formula is C19H21F3N2O3. The Kier molecular flexibility index (Phi) is 6.65. The smallest absolute Gasteiger partial charge is 0.418 e. The number of amides is 1. The average Bonchev–Trinajstić information content (AvgIpc) is 2.62. The van der Waals surface area contributed by atoms with E-state index >= 15 is 0 Å². The van der Waals surface area contributed by atoms with Gasteiger partial charge in [-0.15, -0.1) is 0 Å². The summed E-state index contributed by atoms with van der Waals surface area (Å²) in [6.07, 6.45) is -4.73. The molecule has 0 saturated heterocycles. The van der Waals surface area contributed by atoms with E-state index in [0.717, 1.165) is 11.0 Å². The summed E-state index contributed by atoms with van der Waals surface area (Å²) in [5.74, 6) is 0. The first kappa shape index (κ1) is 20.5. The summed E-state index contributed by atoms with van der Waals surface area (Å²) in [6.45, 7) is 3.31. The molecule has 1 aromatic carbocycles. The predicted molar refractivity (Wildman–Crippen MR) is 96.8 cm³/mol. The molecule has 1 N–H and O–H groups in total. The minimum absolute atomic E-state index is 0.0111. The number of aromatic nitrogens is 1. The standard InChI is InChI=1S/C19H21F3N2O3/c1-3-5-11-24(18(26)27-4-2)16-14(19(20,21)22)12-15(23-17(16)25)13-9-7-6-8-10-13/h6-10,12H,3-5,11H2,1-2H3,(H,23,25). The van der Waals surface area contributed by atoms with E-state index in [0.29, 0.717) is 18.4 Å². The molecule has 0 saturated carbocycles. The topological polar surface area (TPSA) is 62.4 Å². The van der Waals surface area contributed by atoms with E-state index in [1.54, 1.807) is 37.3 Å². The zero-order valence-electron chi connectivity index (χ0n) is 15.1. The highest BCUT2D eigenvalue weighted by Crippen LogP contribution is 2.36. The lowest BCUT2D eigenvalue weighted by molar-refractivity contribution is -0.137. The van der Waals surface area contributed by atoms with Crippen LogP contribution in [-0.4, -0.2) is 24.2 Å². The number of unbranched alkanes of at least 4 members (excludes halogenated alkanes) is 1. The van der Waals surface area contributed by atoms with Gasteiger partial charge in [-0.1, -0.05) is 43.7 Å². The van der Waals surface area contributed by atoms with Crippen LogP contribution in [0.4, 0.5) is 23.7 Å². The van der Waals surface area contributed by atoms with Crippen LogP contribution in [0.25, 0.3) is 11.3 Å². The highest BCUT2D eigenvalue weighted by Gasteiger charge is 2.38. The first-order valence-electron chi connectivity index (χ1n) is 8.63. The Labute approximate surface area is 154 Å². The quantitative estimate of drug-likeness (QED) is 0.779. The molecule has 1 heterocycles. The van der Waals surface area contributed by atoms with Gasteiger partial charge in [0, 0.05) is 12.2 Å². The molecule has 1 amide bonds. The summed E-state index contributed by atoms with van der Waals surface area (Å²) in [5.41, 5.74) is -2.45. The van der Waals surface area contributed by atoms with Gasteiger partial charge in [-0.2, -0.15) is 13.2 Å². The Morgan fingerprint density at radius 2 is 1.85 bits per heavy atom. The fourth-order valence-corrected chi connectivity index (χ4v) is 2.62. The van der Waals surface area contributed by atoms with Crippen LogP contribution in [0.3, 0.4) is 0 Å². The number of nitrogens with one attached hydrogen (secondary N) is 1. The van der Waals surface area contributed by atoms with Crippen molar-refractivity contribution in [3.05, 3.63) is 52.3 Å². The number of pyridine rings is 1. The predicted octanol–water partition coefficient (Wildman–Crippen LogP) is 4.82. The van der Waals surface area contributed by atoms with Crippen LogP contribution in [0, 0.1) is 0 Å². The van der Waals surface area contributed by atoms with Gasteiger partial charge in [0.2, 0.25) is 0 Å². The van der Waals surface area contributed by atoms with Crippen LogP contribution in [0.2, 0.25) is 0 Å². The van der Waals surface area contributed by atoms with Crippen molar-refractivity contribution in [3.63, 3.8) is 0 Å². The number of hydrogen-bond donors (Lipinski definition) is 1. The van der Waals surface area contributed by atoms with E-state index in [-0.39, 0.29) is 18.8 Å². The number of carbonyl (C=O) groups is 1. The summed E-state index contributed by atoms with van der Waals surface area (Å²) in [6, 6.07) is 9.05. The third kappa shape index (κ3) is 4.90. The van der Waals surface area contributed by atoms with Gasteiger partial charge in [0.05, 0.1) is 12.2 Å². The molecule has 0 atom stereocenters. The fourth-order valence-electron chi connectivity index (χ4n) is 2.62. The molecule has 0 aliphatic rings. The highest BCUT2D eigenvalue weighted by atomic mass is 19.4. The zero-order valence-corrected chi connectivity index (χ0v) is 15.1. The summed E-state index contributed by atoms with van der Waals surface area (Å²) in [4.78, 5) is 28.0. The summed E-state index contributed by atoms with van der Waals surface area (Å²) in [5, 5.41) is 0. The van der Waals surface area contributed by atoms with Gasteiger partial charge in [-0.05, 0) is 25.0 Å². The van der Waals surface area contributed by atoms with Crippen LogP contribution < -0.4 is 10.5 Å². The molecule has 0 bridgehead atoms. The number of hydrogen-bond acceptors (Lipinski definition) is 3. The number of nitrogens with zero attached hydrogens (tertiary/aromatic N) is 1. The molecule has 0 spiro atoms. The van der Waals surface area contributed by atoms with Gasteiger partial charge in [-0.25, -0.2) is 4.79 Å². The number of H-pyrrole nitrogens is 1. The molecule has 146 valence electrons. The van der Waals surface area contributed by atoms with Crippen LogP contribution in [0.5, 0.6) is 0 Å². The summed E-state index contributed by atoms with van der Waals surface area (Å²) >= 11 is 0. The number of aromatic amines is 1. The Bertz CT molecular complexity index is 832. The monoisotopic (exact) mass is 382 g/mol. The normalized spacial score (nSPS) is 11.3. The number of halogens is 3. The number of benzene rings is 1. The van der Waals surface area contributed by atoms with Crippen molar-refractivity contribution in [2.45, 2.75) is 32.9 Å². The van der Waals surface area contributed by atoms with Gasteiger partial charge in [0.15, 0.2) is 0 Å².